The highest BCUT2D eigenvalue weighted by atomic mass is 16.5. The second-order valence-electron chi connectivity index (χ2n) is 2.87. The van der Waals surface area contributed by atoms with Crippen LogP contribution in [0.3, 0.4) is 0 Å². The van der Waals surface area contributed by atoms with Crippen LogP contribution in [0, 0.1) is 0 Å². The summed E-state index contributed by atoms with van der Waals surface area (Å²) in [5, 5.41) is 0. The molecule has 0 saturated heterocycles. The third kappa shape index (κ3) is 4.22. The Balaban J connectivity index is 2.32. The molecule has 0 amide bonds. The molecular formula is C10H17NO4. The van der Waals surface area contributed by atoms with Crippen molar-refractivity contribution in [3.05, 3.63) is 12.4 Å². The largest absolute Gasteiger partial charge is 0.486 e. The van der Waals surface area contributed by atoms with Crippen molar-refractivity contribution in [2.75, 3.05) is 40.6 Å². The maximum absolute atomic E-state index is 5.43. The summed E-state index contributed by atoms with van der Waals surface area (Å²) in [6.07, 6.45) is 3.50. The predicted octanol–water partition coefficient (Wildman–Crippen LogP) is 1.07. The van der Waals surface area contributed by atoms with Crippen LogP contribution in [0.25, 0.3) is 0 Å². The van der Waals surface area contributed by atoms with Gasteiger partial charge in [-0.25, -0.2) is 0 Å². The molecule has 0 radical (unpaired) electrons. The number of ether oxygens (including phenoxy) is 4. The lowest BCUT2D eigenvalue weighted by atomic mass is 10.5. The number of rotatable bonds is 8. The second-order valence-corrected chi connectivity index (χ2v) is 2.87. The molecule has 1 aromatic rings. The zero-order valence-electron chi connectivity index (χ0n) is 9.12. The molecule has 1 N–H and O–H groups in total. The Morgan fingerprint density at radius 3 is 1.73 bits per heavy atom. The van der Waals surface area contributed by atoms with Crippen LogP contribution in [0.5, 0.6) is 11.5 Å². The Labute approximate surface area is 89.3 Å². The van der Waals surface area contributed by atoms with Crippen LogP contribution in [0.4, 0.5) is 0 Å². The molecule has 0 aliphatic carbocycles. The van der Waals surface area contributed by atoms with Crippen LogP contribution < -0.4 is 9.47 Å². The minimum Gasteiger partial charge on any atom is -0.486 e. The zero-order chi connectivity index (χ0) is 10.9. The molecule has 15 heavy (non-hydrogen) atoms. The minimum absolute atomic E-state index is 0.509. The molecule has 1 heterocycles. The summed E-state index contributed by atoms with van der Waals surface area (Å²) in [6, 6.07) is 0. The van der Waals surface area contributed by atoms with Crippen molar-refractivity contribution in [1.82, 2.24) is 4.98 Å². The van der Waals surface area contributed by atoms with E-state index in [2.05, 4.69) is 4.98 Å². The van der Waals surface area contributed by atoms with Gasteiger partial charge < -0.3 is 23.9 Å². The van der Waals surface area contributed by atoms with Crippen LogP contribution in [0.2, 0.25) is 0 Å². The van der Waals surface area contributed by atoms with E-state index >= 15 is 0 Å². The average Bonchev–Trinajstić information content (AvgIpc) is 2.67. The molecule has 0 aromatic carbocycles. The first kappa shape index (κ1) is 11.9. The van der Waals surface area contributed by atoms with E-state index in [4.69, 9.17) is 18.9 Å². The van der Waals surface area contributed by atoms with Crippen molar-refractivity contribution < 1.29 is 18.9 Å². The van der Waals surface area contributed by atoms with Crippen LogP contribution >= 0.6 is 0 Å². The lowest BCUT2D eigenvalue weighted by molar-refractivity contribution is 0.133. The van der Waals surface area contributed by atoms with Gasteiger partial charge >= 0.3 is 0 Å². The molecule has 5 heteroatoms. The van der Waals surface area contributed by atoms with E-state index in [0.29, 0.717) is 37.9 Å². The summed E-state index contributed by atoms with van der Waals surface area (Å²) in [5.41, 5.74) is 0. The second kappa shape index (κ2) is 7.14. The fourth-order valence-corrected chi connectivity index (χ4v) is 1.03. The van der Waals surface area contributed by atoms with E-state index in [1.165, 1.54) is 0 Å². The quantitative estimate of drug-likeness (QED) is 0.659. The van der Waals surface area contributed by atoms with E-state index in [1.54, 1.807) is 26.6 Å². The fourth-order valence-electron chi connectivity index (χ4n) is 1.03. The van der Waals surface area contributed by atoms with Crippen LogP contribution in [0.15, 0.2) is 12.4 Å². The maximum atomic E-state index is 5.43. The van der Waals surface area contributed by atoms with Crippen LogP contribution in [-0.2, 0) is 9.47 Å². The number of H-pyrrole nitrogens is 1. The highest BCUT2D eigenvalue weighted by molar-refractivity contribution is 5.36. The molecule has 0 unspecified atom stereocenters. The van der Waals surface area contributed by atoms with Crippen LogP contribution in [-0.4, -0.2) is 45.6 Å². The number of hydrogen-bond donors (Lipinski definition) is 1. The van der Waals surface area contributed by atoms with Gasteiger partial charge in [-0.2, -0.15) is 0 Å². The van der Waals surface area contributed by atoms with Crippen molar-refractivity contribution in [2.24, 2.45) is 0 Å². The van der Waals surface area contributed by atoms with Gasteiger partial charge in [0.15, 0.2) is 11.5 Å². The highest BCUT2D eigenvalue weighted by Crippen LogP contribution is 2.25. The number of aromatic nitrogens is 1. The molecule has 5 nitrogen and oxygen atoms in total. The maximum Gasteiger partial charge on any atom is 0.178 e. The normalized spacial score (nSPS) is 10.3. The van der Waals surface area contributed by atoms with E-state index in [0.717, 1.165) is 0 Å². The van der Waals surface area contributed by atoms with Gasteiger partial charge in [0.25, 0.3) is 0 Å². The molecule has 0 saturated carbocycles. The Kier molecular flexibility index (Phi) is 5.65. The van der Waals surface area contributed by atoms with Gasteiger partial charge in [-0.05, 0) is 0 Å². The summed E-state index contributed by atoms with van der Waals surface area (Å²) < 4.78 is 20.6. The molecule has 0 aliphatic heterocycles. The third-order valence-electron chi connectivity index (χ3n) is 1.76. The average molecular weight is 215 g/mol. The molecular weight excluding hydrogens is 198 g/mol. The van der Waals surface area contributed by atoms with Gasteiger partial charge in [0.1, 0.15) is 13.2 Å². The first-order valence-corrected chi connectivity index (χ1v) is 4.78. The summed E-state index contributed by atoms with van der Waals surface area (Å²) >= 11 is 0. The Morgan fingerprint density at radius 1 is 0.867 bits per heavy atom. The number of nitrogens with one attached hydrogen (secondary N) is 1. The van der Waals surface area contributed by atoms with Crippen molar-refractivity contribution in [3.63, 3.8) is 0 Å². The fraction of sp³-hybridized carbons (Fsp3) is 0.600. The van der Waals surface area contributed by atoms with Crippen molar-refractivity contribution in [2.45, 2.75) is 0 Å². The van der Waals surface area contributed by atoms with Gasteiger partial charge in [-0.15, -0.1) is 0 Å². The summed E-state index contributed by atoms with van der Waals surface area (Å²) in [5.74, 6) is 1.39. The minimum atomic E-state index is 0.509. The van der Waals surface area contributed by atoms with E-state index in [9.17, 15) is 0 Å². The third-order valence-corrected chi connectivity index (χ3v) is 1.76. The van der Waals surface area contributed by atoms with Gasteiger partial charge in [-0.3, -0.25) is 0 Å². The van der Waals surface area contributed by atoms with Gasteiger partial charge in [-0.1, -0.05) is 0 Å². The number of hydrogen-bond acceptors (Lipinski definition) is 4. The lowest BCUT2D eigenvalue weighted by Crippen LogP contribution is -2.07. The van der Waals surface area contributed by atoms with Crippen molar-refractivity contribution in [1.29, 1.82) is 0 Å². The Hall–Kier alpha value is -1.20. The first-order chi connectivity index (χ1) is 7.38. The van der Waals surface area contributed by atoms with Gasteiger partial charge in [0.05, 0.1) is 13.2 Å². The van der Waals surface area contributed by atoms with E-state index < -0.39 is 0 Å². The summed E-state index contributed by atoms with van der Waals surface area (Å²) in [4.78, 5) is 2.92. The van der Waals surface area contributed by atoms with E-state index in [-0.39, 0.29) is 0 Å². The molecule has 86 valence electrons. The molecule has 0 spiro atoms. The van der Waals surface area contributed by atoms with Gasteiger partial charge in [0.2, 0.25) is 0 Å². The van der Waals surface area contributed by atoms with Crippen molar-refractivity contribution in [3.8, 4) is 11.5 Å². The molecule has 0 bridgehead atoms. The Bertz CT molecular complexity index is 237. The number of methoxy groups -OCH3 is 2. The topological polar surface area (TPSA) is 52.7 Å². The number of aromatic amines is 1. The Morgan fingerprint density at radius 2 is 1.33 bits per heavy atom. The summed E-state index contributed by atoms with van der Waals surface area (Å²) in [7, 11) is 3.27. The smallest absolute Gasteiger partial charge is 0.178 e. The molecule has 0 fully saturated rings. The molecule has 0 atom stereocenters. The predicted molar refractivity (Wildman–Crippen MR) is 55.5 cm³/mol. The van der Waals surface area contributed by atoms with Gasteiger partial charge in [0, 0.05) is 26.6 Å². The lowest BCUT2D eigenvalue weighted by Gasteiger charge is -2.07. The standard InChI is InChI=1S/C10H17NO4/c1-12-3-5-14-9-7-11-8-10(9)15-6-4-13-2/h7-8,11H,3-6H2,1-2H3. The molecule has 1 rings (SSSR count). The molecule has 0 aliphatic rings. The first-order valence-electron chi connectivity index (χ1n) is 4.78. The summed E-state index contributed by atoms with van der Waals surface area (Å²) in [6.45, 7) is 2.13. The highest BCUT2D eigenvalue weighted by Gasteiger charge is 2.05. The zero-order valence-corrected chi connectivity index (χ0v) is 9.12. The monoisotopic (exact) mass is 215 g/mol. The molecule has 1 aromatic heterocycles. The van der Waals surface area contributed by atoms with Crippen molar-refractivity contribution >= 4 is 0 Å². The van der Waals surface area contributed by atoms with Crippen LogP contribution in [0.1, 0.15) is 0 Å². The SMILES string of the molecule is COCCOc1c[nH]cc1OCCOC. The van der Waals surface area contributed by atoms with E-state index in [1.807, 2.05) is 0 Å².